The lowest BCUT2D eigenvalue weighted by Gasteiger charge is -2.13. The van der Waals surface area contributed by atoms with Gasteiger partial charge >= 0.3 is 0 Å². The van der Waals surface area contributed by atoms with Gasteiger partial charge in [-0.1, -0.05) is 61.8 Å². The van der Waals surface area contributed by atoms with Crippen molar-refractivity contribution in [2.45, 2.75) is 78.2 Å². The minimum atomic E-state index is -0.479. The van der Waals surface area contributed by atoms with Crippen LogP contribution in [-0.2, 0) is 4.79 Å². The summed E-state index contributed by atoms with van der Waals surface area (Å²) >= 11 is 7.91. The van der Waals surface area contributed by atoms with E-state index >= 15 is 0 Å². The molecule has 0 bridgehead atoms. The molecular weight excluding hydrogens is 646 g/mol. The first kappa shape index (κ1) is 35.1. The molecule has 1 atom stereocenters. The Balaban J connectivity index is 1.05. The van der Waals surface area contributed by atoms with E-state index in [0.717, 1.165) is 78.2 Å². The maximum absolute atomic E-state index is 13.2. The number of furan rings is 1. The second kappa shape index (κ2) is 16.7. The van der Waals surface area contributed by atoms with E-state index in [4.69, 9.17) is 26.7 Å². The van der Waals surface area contributed by atoms with E-state index in [1.54, 1.807) is 23.5 Å². The van der Waals surface area contributed by atoms with Crippen molar-refractivity contribution in [1.29, 1.82) is 0 Å². The zero-order valence-electron chi connectivity index (χ0n) is 27.7. The lowest BCUT2D eigenvalue weighted by atomic mass is 9.99. The number of carbonyl (C=O) groups excluding carboxylic acids is 2. The number of nitrogens with zero attached hydrogens (tertiary/aromatic N) is 4. The fraction of sp³-hybridized carbons (Fsp3) is 0.417. The first-order chi connectivity index (χ1) is 23.3. The number of aryl methyl sites for hydroxylation is 2. The molecule has 2 amide bonds. The highest BCUT2D eigenvalue weighted by Gasteiger charge is 2.32. The van der Waals surface area contributed by atoms with E-state index in [1.807, 2.05) is 31.2 Å². The fourth-order valence-corrected chi connectivity index (χ4v) is 7.04. The fourth-order valence-electron chi connectivity index (χ4n) is 5.70. The molecule has 10 nitrogen and oxygen atoms in total. The number of aliphatic imine (C=N–C) groups is 1. The molecule has 0 saturated carbocycles. The number of hydrogen-bond donors (Lipinski definition) is 3. The van der Waals surface area contributed by atoms with Crippen LogP contribution in [0.1, 0.15) is 107 Å². The van der Waals surface area contributed by atoms with Crippen LogP contribution in [0.5, 0.6) is 0 Å². The first-order valence-electron chi connectivity index (χ1n) is 16.5. The van der Waals surface area contributed by atoms with E-state index in [2.05, 4.69) is 51.1 Å². The zero-order valence-corrected chi connectivity index (χ0v) is 29.3. The molecule has 4 heterocycles. The van der Waals surface area contributed by atoms with Crippen LogP contribution in [0.3, 0.4) is 0 Å². The molecular formula is C36H42ClN7O3S. The average Bonchev–Trinajstić information content (AvgIpc) is 3.76. The molecule has 4 aromatic rings. The SMILES string of the molecule is Cc1sc2c(c1C)C(c1ccc(Cl)cc1)=N[C@@H](CC(=O)NCCCCCCCCCNC(=O)c1ccc(C#CCN)o1)c1nnc(C)n1-2. The molecule has 0 unspecified atom stereocenters. The molecule has 4 N–H and O–H groups in total. The van der Waals surface area contributed by atoms with Crippen LogP contribution in [-0.4, -0.2) is 51.9 Å². The number of unbranched alkanes of at least 4 members (excludes halogenated alkanes) is 6. The van der Waals surface area contributed by atoms with Gasteiger partial charge in [-0.3, -0.25) is 19.1 Å². The lowest BCUT2D eigenvalue weighted by Crippen LogP contribution is -2.26. The molecule has 0 fully saturated rings. The van der Waals surface area contributed by atoms with Crippen molar-refractivity contribution in [2.24, 2.45) is 10.7 Å². The van der Waals surface area contributed by atoms with Gasteiger partial charge in [-0.15, -0.1) is 21.5 Å². The van der Waals surface area contributed by atoms with Crippen LogP contribution in [0.4, 0.5) is 0 Å². The van der Waals surface area contributed by atoms with Crippen molar-refractivity contribution in [1.82, 2.24) is 25.4 Å². The van der Waals surface area contributed by atoms with Gasteiger partial charge in [0.25, 0.3) is 5.91 Å². The molecule has 48 heavy (non-hydrogen) atoms. The third kappa shape index (κ3) is 8.61. The molecule has 252 valence electrons. The van der Waals surface area contributed by atoms with Gasteiger partial charge in [0.1, 0.15) is 16.9 Å². The van der Waals surface area contributed by atoms with Gasteiger partial charge in [0.05, 0.1) is 18.7 Å². The topological polar surface area (TPSA) is 140 Å². The molecule has 0 spiro atoms. The Morgan fingerprint density at radius 3 is 2.35 bits per heavy atom. The summed E-state index contributed by atoms with van der Waals surface area (Å²) in [5, 5.41) is 16.5. The summed E-state index contributed by atoms with van der Waals surface area (Å²) in [7, 11) is 0. The standard InChI is InChI=1S/C36H42ClN7O3S/c1-23-24(2)48-36-32(23)33(26-13-15-27(37)16-14-26)41-29(34-43-42-25(3)44(34)36)22-31(45)39-20-9-7-5-4-6-8-10-21-40-35(46)30-18-17-28(47-30)12-11-19-38/h13-18,29H,4-10,19-22,38H2,1-3H3,(H,39,45)(H,40,46)/t29-/m0/s1. The number of thiophene rings is 1. The number of fused-ring (bicyclic) bond motifs is 3. The van der Waals surface area contributed by atoms with Crippen LogP contribution < -0.4 is 16.4 Å². The monoisotopic (exact) mass is 687 g/mol. The largest absolute Gasteiger partial charge is 0.443 e. The van der Waals surface area contributed by atoms with Crippen LogP contribution in [0.2, 0.25) is 5.02 Å². The van der Waals surface area contributed by atoms with E-state index in [-0.39, 0.29) is 30.5 Å². The number of nitrogens with two attached hydrogens (primary N) is 1. The van der Waals surface area contributed by atoms with Gasteiger partial charge in [-0.2, -0.15) is 0 Å². The van der Waals surface area contributed by atoms with Crippen molar-refractivity contribution in [3.8, 4) is 16.8 Å². The van der Waals surface area contributed by atoms with Crippen molar-refractivity contribution < 1.29 is 14.0 Å². The molecule has 0 radical (unpaired) electrons. The molecule has 1 aromatic carbocycles. The van der Waals surface area contributed by atoms with Crippen molar-refractivity contribution >= 4 is 40.5 Å². The molecule has 12 heteroatoms. The summed E-state index contributed by atoms with van der Waals surface area (Å²) in [6.45, 7) is 7.63. The Bertz CT molecular complexity index is 1830. The van der Waals surface area contributed by atoms with E-state index in [0.29, 0.717) is 29.7 Å². The molecule has 1 aliphatic rings. The van der Waals surface area contributed by atoms with E-state index in [9.17, 15) is 9.59 Å². The first-order valence-corrected chi connectivity index (χ1v) is 17.7. The summed E-state index contributed by atoms with van der Waals surface area (Å²) in [6, 6.07) is 10.5. The van der Waals surface area contributed by atoms with Crippen molar-refractivity contribution in [3.63, 3.8) is 0 Å². The van der Waals surface area contributed by atoms with Crippen LogP contribution >= 0.6 is 22.9 Å². The highest BCUT2D eigenvalue weighted by Crippen LogP contribution is 2.39. The van der Waals surface area contributed by atoms with Gasteiger partial charge in [-0.25, -0.2) is 0 Å². The predicted molar refractivity (Wildman–Crippen MR) is 190 cm³/mol. The molecule has 0 saturated heterocycles. The Hall–Kier alpha value is -4.24. The number of rotatable bonds is 14. The van der Waals surface area contributed by atoms with E-state index < -0.39 is 6.04 Å². The lowest BCUT2D eigenvalue weighted by molar-refractivity contribution is -0.121. The Kier molecular flexibility index (Phi) is 12.2. The summed E-state index contributed by atoms with van der Waals surface area (Å²) < 4.78 is 7.48. The second-order valence-corrected chi connectivity index (χ2v) is 13.5. The van der Waals surface area contributed by atoms with Gasteiger partial charge in [-0.05, 0) is 69.4 Å². The summed E-state index contributed by atoms with van der Waals surface area (Å²) in [5.74, 6) is 7.33. The van der Waals surface area contributed by atoms with Gasteiger partial charge in [0.2, 0.25) is 5.91 Å². The third-order valence-corrected chi connectivity index (χ3v) is 9.79. The Morgan fingerprint density at radius 2 is 1.65 bits per heavy atom. The summed E-state index contributed by atoms with van der Waals surface area (Å²) in [5.41, 5.74) is 9.36. The number of benzene rings is 1. The van der Waals surface area contributed by atoms with Gasteiger partial charge in [0, 0.05) is 34.1 Å². The predicted octanol–water partition coefficient (Wildman–Crippen LogP) is 6.37. The van der Waals surface area contributed by atoms with Crippen molar-refractivity contribution in [2.75, 3.05) is 19.6 Å². The highest BCUT2D eigenvalue weighted by atomic mass is 35.5. The molecule has 3 aromatic heterocycles. The number of aromatic nitrogens is 3. The maximum Gasteiger partial charge on any atom is 0.287 e. The van der Waals surface area contributed by atoms with Crippen LogP contribution in [0.15, 0.2) is 45.8 Å². The normalized spacial score (nSPS) is 13.5. The van der Waals surface area contributed by atoms with Gasteiger partial charge < -0.3 is 20.8 Å². The maximum atomic E-state index is 13.2. The number of amides is 2. The molecule has 0 aliphatic carbocycles. The van der Waals surface area contributed by atoms with Crippen LogP contribution in [0, 0.1) is 32.6 Å². The minimum Gasteiger partial charge on any atom is -0.443 e. The van der Waals surface area contributed by atoms with E-state index in [1.165, 1.54) is 4.88 Å². The number of halogens is 1. The Morgan fingerprint density at radius 1 is 0.958 bits per heavy atom. The van der Waals surface area contributed by atoms with Crippen molar-refractivity contribution in [3.05, 3.63) is 86.2 Å². The second-order valence-electron chi connectivity index (χ2n) is 11.9. The minimum absolute atomic E-state index is 0.0547. The zero-order chi connectivity index (χ0) is 34.0. The summed E-state index contributed by atoms with van der Waals surface area (Å²) in [4.78, 5) is 31.8. The smallest absolute Gasteiger partial charge is 0.287 e. The molecule has 5 rings (SSSR count). The molecule has 1 aliphatic heterocycles. The Labute approximate surface area is 290 Å². The number of nitrogens with one attached hydrogen (secondary N) is 2. The quantitative estimate of drug-likeness (QED) is 0.104. The number of carbonyl (C=O) groups is 2. The average molecular weight is 688 g/mol. The summed E-state index contributed by atoms with van der Waals surface area (Å²) in [6.07, 6.45) is 7.40. The van der Waals surface area contributed by atoms with Crippen LogP contribution in [0.25, 0.3) is 5.00 Å². The van der Waals surface area contributed by atoms with Gasteiger partial charge in [0.15, 0.2) is 17.3 Å². The number of hydrogen-bond acceptors (Lipinski definition) is 8. The highest BCUT2D eigenvalue weighted by molar-refractivity contribution is 7.15. The third-order valence-electron chi connectivity index (χ3n) is 8.34.